The first kappa shape index (κ1) is 17.0. The third kappa shape index (κ3) is 2.72. The lowest BCUT2D eigenvalue weighted by atomic mass is 10.0. The minimum absolute atomic E-state index is 0.0223. The molecule has 2 heterocycles. The molecular weight excluding hydrogens is 360 g/mol. The monoisotopic (exact) mass is 373 g/mol. The molecule has 2 aromatic rings. The van der Waals surface area contributed by atoms with Gasteiger partial charge in [0.25, 0.3) is 0 Å². The molecule has 1 unspecified atom stereocenters. The normalized spacial score (nSPS) is 18.2. The summed E-state index contributed by atoms with van der Waals surface area (Å²) in [6, 6.07) is 2.62. The van der Waals surface area contributed by atoms with Crippen LogP contribution in [-0.4, -0.2) is 32.3 Å². The molecule has 0 saturated carbocycles. The quantitative estimate of drug-likeness (QED) is 0.776. The van der Waals surface area contributed by atoms with Crippen molar-refractivity contribution in [3.8, 4) is 0 Å². The van der Waals surface area contributed by atoms with Crippen molar-refractivity contribution in [3.63, 3.8) is 0 Å². The molecule has 5 nitrogen and oxygen atoms in total. The zero-order valence-corrected chi connectivity index (χ0v) is 14.2. The Morgan fingerprint density at radius 1 is 1.33 bits per heavy atom. The van der Waals surface area contributed by atoms with Crippen LogP contribution in [0.15, 0.2) is 34.5 Å². The van der Waals surface area contributed by atoms with E-state index in [0.29, 0.717) is 18.1 Å². The van der Waals surface area contributed by atoms with Gasteiger partial charge in [-0.25, -0.2) is 22.0 Å². The second-order valence-electron chi connectivity index (χ2n) is 5.17. The van der Waals surface area contributed by atoms with Crippen LogP contribution in [-0.2, 0) is 26.0 Å². The molecule has 1 aliphatic heterocycles. The Kier molecular flexibility index (Phi) is 4.41. The predicted octanol–water partition coefficient (Wildman–Crippen LogP) is 2.49. The van der Waals surface area contributed by atoms with Gasteiger partial charge in [0.15, 0.2) is 0 Å². The van der Waals surface area contributed by atoms with Crippen LogP contribution in [0.25, 0.3) is 0 Å². The van der Waals surface area contributed by atoms with Crippen molar-refractivity contribution in [2.75, 3.05) is 13.7 Å². The number of esters is 1. The minimum Gasteiger partial charge on any atom is -0.468 e. The fourth-order valence-electron chi connectivity index (χ4n) is 2.71. The number of nitrogens with zero attached hydrogens (tertiary/aromatic N) is 1. The second-order valence-corrected chi connectivity index (χ2v) is 8.02. The molecule has 0 spiro atoms. The molecule has 0 N–H and O–H groups in total. The number of rotatable bonds is 3. The number of ether oxygens (including phenoxy) is 1. The zero-order valence-electron chi connectivity index (χ0n) is 12.5. The maximum Gasteiger partial charge on any atom is 0.328 e. The van der Waals surface area contributed by atoms with E-state index in [1.54, 1.807) is 11.4 Å². The van der Waals surface area contributed by atoms with E-state index >= 15 is 0 Å². The number of fused-ring (bicyclic) bond motifs is 1. The lowest BCUT2D eigenvalue weighted by molar-refractivity contribution is -0.145. The molecule has 0 saturated heterocycles. The molecule has 128 valence electrons. The summed E-state index contributed by atoms with van der Waals surface area (Å²) in [5.41, 5.74) is 0.512. The Hall–Kier alpha value is -1.84. The lowest BCUT2D eigenvalue weighted by Crippen LogP contribution is -2.43. The van der Waals surface area contributed by atoms with Crippen molar-refractivity contribution in [1.29, 1.82) is 0 Å². The molecule has 9 heteroatoms. The second kappa shape index (κ2) is 6.23. The van der Waals surface area contributed by atoms with E-state index in [1.807, 2.05) is 0 Å². The molecule has 1 aliphatic rings. The minimum atomic E-state index is -4.42. The van der Waals surface area contributed by atoms with Gasteiger partial charge < -0.3 is 4.74 Å². The number of hydrogen-bond donors (Lipinski definition) is 0. The summed E-state index contributed by atoms with van der Waals surface area (Å²) in [5.74, 6) is -2.72. The van der Waals surface area contributed by atoms with Gasteiger partial charge in [0, 0.05) is 11.4 Å². The Morgan fingerprint density at radius 2 is 2.08 bits per heavy atom. The van der Waals surface area contributed by atoms with Crippen LogP contribution in [0.1, 0.15) is 16.5 Å². The van der Waals surface area contributed by atoms with Crippen LogP contribution in [0, 0.1) is 11.6 Å². The number of carbonyl (C=O) groups is 1. The molecule has 1 aromatic heterocycles. The van der Waals surface area contributed by atoms with Crippen LogP contribution in [0.4, 0.5) is 8.78 Å². The van der Waals surface area contributed by atoms with Gasteiger partial charge in [0.1, 0.15) is 22.6 Å². The van der Waals surface area contributed by atoms with Crippen LogP contribution < -0.4 is 0 Å². The highest BCUT2D eigenvalue weighted by Crippen LogP contribution is 2.37. The molecule has 0 aliphatic carbocycles. The first-order chi connectivity index (χ1) is 11.4. The summed E-state index contributed by atoms with van der Waals surface area (Å²) >= 11 is 1.41. The fourth-order valence-corrected chi connectivity index (χ4v) is 5.25. The van der Waals surface area contributed by atoms with E-state index in [1.165, 1.54) is 11.3 Å². The summed E-state index contributed by atoms with van der Waals surface area (Å²) in [5, 5.41) is 1.75. The Bertz CT molecular complexity index is 895. The lowest BCUT2D eigenvalue weighted by Gasteiger charge is -2.33. The van der Waals surface area contributed by atoms with Crippen molar-refractivity contribution in [3.05, 3.63) is 51.7 Å². The van der Waals surface area contributed by atoms with E-state index in [0.717, 1.165) is 28.4 Å². The highest BCUT2D eigenvalue weighted by atomic mass is 32.2. The number of sulfonamides is 1. The van der Waals surface area contributed by atoms with Gasteiger partial charge in [0.2, 0.25) is 10.0 Å². The van der Waals surface area contributed by atoms with Crippen LogP contribution in [0.3, 0.4) is 0 Å². The smallest absolute Gasteiger partial charge is 0.328 e. The maximum absolute atomic E-state index is 14.0. The standard InChI is InChI=1S/C15H13F2NO4S2/c1-22-15(19)14-10-5-7-23-12(10)4-6-18(14)24(20,21)13-8-9(16)2-3-11(13)17/h2-3,5,7-8,14H,4,6H2,1H3. The highest BCUT2D eigenvalue weighted by Gasteiger charge is 2.42. The first-order valence-corrected chi connectivity index (χ1v) is 9.29. The number of benzene rings is 1. The molecule has 1 atom stereocenters. The Labute approximate surface area is 141 Å². The van der Waals surface area contributed by atoms with E-state index in [9.17, 15) is 22.0 Å². The highest BCUT2D eigenvalue weighted by molar-refractivity contribution is 7.89. The Balaban J connectivity index is 2.13. The Morgan fingerprint density at radius 3 is 2.79 bits per heavy atom. The SMILES string of the molecule is COC(=O)C1c2ccsc2CCN1S(=O)(=O)c1cc(F)ccc1F. The van der Waals surface area contributed by atoms with Crippen LogP contribution in [0.2, 0.25) is 0 Å². The first-order valence-electron chi connectivity index (χ1n) is 6.97. The predicted molar refractivity (Wildman–Crippen MR) is 83.0 cm³/mol. The maximum atomic E-state index is 14.0. The summed E-state index contributed by atoms with van der Waals surface area (Å²) in [6.07, 6.45) is 0.386. The molecule has 24 heavy (non-hydrogen) atoms. The van der Waals surface area contributed by atoms with E-state index in [2.05, 4.69) is 0 Å². The average Bonchev–Trinajstić information content (AvgIpc) is 3.03. The average molecular weight is 373 g/mol. The van der Waals surface area contributed by atoms with E-state index in [4.69, 9.17) is 4.74 Å². The van der Waals surface area contributed by atoms with E-state index in [-0.39, 0.29) is 6.54 Å². The molecular formula is C15H13F2NO4S2. The van der Waals surface area contributed by atoms with Gasteiger partial charge in [0.05, 0.1) is 7.11 Å². The number of methoxy groups -OCH3 is 1. The van der Waals surface area contributed by atoms with E-state index < -0.39 is 38.6 Å². The molecule has 1 aromatic carbocycles. The van der Waals surface area contributed by atoms with Gasteiger partial charge in [-0.1, -0.05) is 0 Å². The van der Waals surface area contributed by atoms with Crippen molar-refractivity contribution >= 4 is 27.3 Å². The summed E-state index contributed by atoms with van der Waals surface area (Å²) in [7, 11) is -3.27. The van der Waals surface area contributed by atoms with Gasteiger partial charge in [-0.3, -0.25) is 0 Å². The summed E-state index contributed by atoms with van der Waals surface area (Å²) in [4.78, 5) is 12.3. The van der Waals surface area contributed by atoms with Gasteiger partial charge in [-0.15, -0.1) is 11.3 Å². The van der Waals surface area contributed by atoms with Crippen molar-refractivity contribution in [2.45, 2.75) is 17.4 Å². The van der Waals surface area contributed by atoms with Crippen molar-refractivity contribution < 1.29 is 26.7 Å². The topological polar surface area (TPSA) is 63.7 Å². The number of halogens is 2. The van der Waals surface area contributed by atoms with Crippen LogP contribution >= 0.6 is 11.3 Å². The van der Waals surface area contributed by atoms with Gasteiger partial charge in [-0.05, 0) is 41.6 Å². The zero-order chi connectivity index (χ0) is 17.5. The van der Waals surface area contributed by atoms with Gasteiger partial charge >= 0.3 is 5.97 Å². The number of thiophene rings is 1. The fraction of sp³-hybridized carbons (Fsp3) is 0.267. The largest absolute Gasteiger partial charge is 0.468 e. The molecule has 3 rings (SSSR count). The van der Waals surface area contributed by atoms with Gasteiger partial charge in [-0.2, -0.15) is 4.31 Å². The molecule has 0 radical (unpaired) electrons. The third-order valence-electron chi connectivity index (χ3n) is 3.83. The number of carbonyl (C=O) groups excluding carboxylic acids is 1. The number of hydrogen-bond acceptors (Lipinski definition) is 5. The van der Waals surface area contributed by atoms with Crippen LogP contribution in [0.5, 0.6) is 0 Å². The summed E-state index contributed by atoms with van der Waals surface area (Å²) < 4.78 is 58.7. The molecule has 0 fully saturated rings. The van der Waals surface area contributed by atoms with Crippen molar-refractivity contribution in [2.24, 2.45) is 0 Å². The summed E-state index contributed by atoms with van der Waals surface area (Å²) in [6.45, 7) is -0.0223. The third-order valence-corrected chi connectivity index (χ3v) is 6.70. The molecule has 0 amide bonds. The van der Waals surface area contributed by atoms with Crippen molar-refractivity contribution in [1.82, 2.24) is 4.31 Å². The molecule has 0 bridgehead atoms.